The Morgan fingerprint density at radius 2 is 1.89 bits per heavy atom. The monoisotopic (exact) mass is 238 g/mol. The van der Waals surface area contributed by atoms with Crippen molar-refractivity contribution in [1.82, 2.24) is 4.98 Å². The van der Waals surface area contributed by atoms with Crippen LogP contribution in [0.3, 0.4) is 0 Å². The Morgan fingerprint density at radius 1 is 1.00 bits per heavy atom. The van der Waals surface area contributed by atoms with E-state index in [1.165, 1.54) is 24.8 Å². The molecule has 2 nitrogen and oxygen atoms in total. The second kappa shape index (κ2) is 5.21. The minimum Gasteiger partial charge on any atom is -0.380 e. The quantitative estimate of drug-likeness (QED) is 0.879. The van der Waals surface area contributed by atoms with Crippen LogP contribution in [0.2, 0.25) is 0 Å². The second-order valence-corrected chi connectivity index (χ2v) is 4.94. The van der Waals surface area contributed by atoms with Gasteiger partial charge in [-0.1, -0.05) is 36.8 Å². The molecule has 1 saturated carbocycles. The van der Waals surface area contributed by atoms with Gasteiger partial charge in [0.05, 0.1) is 5.69 Å². The van der Waals surface area contributed by atoms with Gasteiger partial charge < -0.3 is 5.32 Å². The van der Waals surface area contributed by atoms with Gasteiger partial charge in [0.25, 0.3) is 0 Å². The largest absolute Gasteiger partial charge is 0.380 e. The van der Waals surface area contributed by atoms with E-state index in [4.69, 9.17) is 0 Å². The summed E-state index contributed by atoms with van der Waals surface area (Å²) in [6.07, 6.45) is 7.54. The fourth-order valence-corrected chi connectivity index (χ4v) is 2.89. The molecule has 1 aromatic heterocycles. The van der Waals surface area contributed by atoms with Crippen molar-refractivity contribution in [1.29, 1.82) is 0 Å². The summed E-state index contributed by atoms with van der Waals surface area (Å²) >= 11 is 0. The SMILES string of the molecule is c1ccc(C2CCCC2Nc2cccnc2)cc1. The van der Waals surface area contributed by atoms with Crippen LogP contribution in [-0.4, -0.2) is 11.0 Å². The van der Waals surface area contributed by atoms with Crippen LogP contribution in [-0.2, 0) is 0 Å². The summed E-state index contributed by atoms with van der Waals surface area (Å²) in [4.78, 5) is 4.16. The molecule has 92 valence electrons. The van der Waals surface area contributed by atoms with Crippen LogP contribution in [0, 0.1) is 0 Å². The highest BCUT2D eigenvalue weighted by Crippen LogP contribution is 2.36. The van der Waals surface area contributed by atoms with Gasteiger partial charge in [-0.3, -0.25) is 4.98 Å². The van der Waals surface area contributed by atoms with E-state index in [1.807, 2.05) is 18.5 Å². The summed E-state index contributed by atoms with van der Waals surface area (Å²) in [7, 11) is 0. The van der Waals surface area contributed by atoms with Gasteiger partial charge in [-0.2, -0.15) is 0 Å². The summed E-state index contributed by atoms with van der Waals surface area (Å²) in [6, 6.07) is 15.5. The van der Waals surface area contributed by atoms with Crippen LogP contribution in [0.15, 0.2) is 54.9 Å². The number of pyridine rings is 1. The van der Waals surface area contributed by atoms with E-state index in [0.717, 1.165) is 5.69 Å². The van der Waals surface area contributed by atoms with Crippen molar-refractivity contribution >= 4 is 5.69 Å². The van der Waals surface area contributed by atoms with Crippen LogP contribution in [0.25, 0.3) is 0 Å². The number of benzene rings is 1. The number of hydrogen-bond donors (Lipinski definition) is 1. The lowest BCUT2D eigenvalue weighted by molar-refractivity contribution is 0.650. The van der Waals surface area contributed by atoms with Crippen LogP contribution in [0.1, 0.15) is 30.7 Å². The normalized spacial score (nSPS) is 22.9. The van der Waals surface area contributed by atoms with Crippen LogP contribution >= 0.6 is 0 Å². The summed E-state index contributed by atoms with van der Waals surface area (Å²) in [5.41, 5.74) is 2.58. The molecule has 0 spiro atoms. The molecule has 2 atom stereocenters. The van der Waals surface area contributed by atoms with E-state index < -0.39 is 0 Å². The van der Waals surface area contributed by atoms with E-state index in [-0.39, 0.29) is 0 Å². The van der Waals surface area contributed by atoms with E-state index in [0.29, 0.717) is 12.0 Å². The minimum atomic E-state index is 0.539. The zero-order valence-corrected chi connectivity index (χ0v) is 10.4. The first-order valence-electron chi connectivity index (χ1n) is 6.65. The molecule has 2 unspecified atom stereocenters. The van der Waals surface area contributed by atoms with Crippen LogP contribution in [0.5, 0.6) is 0 Å². The Labute approximate surface area is 108 Å². The lowest BCUT2D eigenvalue weighted by Crippen LogP contribution is -2.22. The molecule has 0 amide bonds. The van der Waals surface area contributed by atoms with Gasteiger partial charge in [0, 0.05) is 24.4 Å². The maximum absolute atomic E-state index is 4.16. The average Bonchev–Trinajstić information content (AvgIpc) is 2.89. The molecule has 0 bridgehead atoms. The first-order chi connectivity index (χ1) is 8.93. The summed E-state index contributed by atoms with van der Waals surface area (Å²) in [5.74, 6) is 0.631. The summed E-state index contributed by atoms with van der Waals surface area (Å²) in [5, 5.41) is 3.63. The van der Waals surface area contributed by atoms with Gasteiger partial charge in [0.2, 0.25) is 0 Å². The Hall–Kier alpha value is -1.83. The first kappa shape index (κ1) is 11.3. The van der Waals surface area contributed by atoms with Crippen molar-refractivity contribution in [2.24, 2.45) is 0 Å². The van der Waals surface area contributed by atoms with Crippen molar-refractivity contribution in [3.8, 4) is 0 Å². The van der Waals surface area contributed by atoms with Crippen LogP contribution < -0.4 is 5.32 Å². The standard InChI is InChI=1S/C16H18N2/c1-2-6-13(7-3-1)15-9-4-10-16(15)18-14-8-5-11-17-12-14/h1-3,5-8,11-12,15-16,18H,4,9-10H2. The van der Waals surface area contributed by atoms with Gasteiger partial charge in [-0.15, -0.1) is 0 Å². The van der Waals surface area contributed by atoms with Gasteiger partial charge in [-0.05, 0) is 30.5 Å². The number of anilines is 1. The molecule has 1 fully saturated rings. The fraction of sp³-hybridized carbons (Fsp3) is 0.312. The topological polar surface area (TPSA) is 24.9 Å². The highest BCUT2D eigenvalue weighted by Gasteiger charge is 2.28. The maximum Gasteiger partial charge on any atom is 0.0529 e. The number of aromatic nitrogens is 1. The molecule has 1 heterocycles. The zero-order valence-electron chi connectivity index (χ0n) is 10.4. The molecule has 2 heteroatoms. The van der Waals surface area contributed by atoms with E-state index >= 15 is 0 Å². The molecule has 18 heavy (non-hydrogen) atoms. The third kappa shape index (κ3) is 2.37. The number of nitrogens with zero attached hydrogens (tertiary/aromatic N) is 1. The second-order valence-electron chi connectivity index (χ2n) is 4.94. The fourth-order valence-electron chi connectivity index (χ4n) is 2.89. The molecular weight excluding hydrogens is 220 g/mol. The Morgan fingerprint density at radius 3 is 2.67 bits per heavy atom. The maximum atomic E-state index is 4.16. The number of nitrogens with one attached hydrogen (secondary N) is 1. The Bertz CT molecular complexity index is 481. The summed E-state index contributed by atoms with van der Waals surface area (Å²) in [6.45, 7) is 0. The van der Waals surface area contributed by atoms with E-state index in [1.54, 1.807) is 0 Å². The van der Waals surface area contributed by atoms with Crippen molar-refractivity contribution in [2.75, 3.05) is 5.32 Å². The van der Waals surface area contributed by atoms with E-state index in [2.05, 4.69) is 46.7 Å². The molecule has 3 rings (SSSR count). The van der Waals surface area contributed by atoms with Crippen molar-refractivity contribution < 1.29 is 0 Å². The highest BCUT2D eigenvalue weighted by molar-refractivity contribution is 5.42. The summed E-state index contributed by atoms with van der Waals surface area (Å²) < 4.78 is 0. The molecule has 1 N–H and O–H groups in total. The third-order valence-corrected chi connectivity index (χ3v) is 3.76. The predicted molar refractivity (Wildman–Crippen MR) is 74.7 cm³/mol. The molecule has 1 aliphatic carbocycles. The molecule has 0 radical (unpaired) electrons. The van der Waals surface area contributed by atoms with E-state index in [9.17, 15) is 0 Å². The van der Waals surface area contributed by atoms with Crippen molar-refractivity contribution in [3.63, 3.8) is 0 Å². The minimum absolute atomic E-state index is 0.539. The number of rotatable bonds is 3. The Kier molecular flexibility index (Phi) is 3.26. The Balaban J connectivity index is 1.76. The smallest absolute Gasteiger partial charge is 0.0529 e. The highest BCUT2D eigenvalue weighted by atomic mass is 14.9. The van der Waals surface area contributed by atoms with Crippen molar-refractivity contribution in [3.05, 3.63) is 60.4 Å². The van der Waals surface area contributed by atoms with Crippen molar-refractivity contribution in [2.45, 2.75) is 31.2 Å². The number of hydrogen-bond acceptors (Lipinski definition) is 2. The molecule has 1 aliphatic rings. The van der Waals surface area contributed by atoms with Gasteiger partial charge in [-0.25, -0.2) is 0 Å². The average molecular weight is 238 g/mol. The van der Waals surface area contributed by atoms with Crippen LogP contribution in [0.4, 0.5) is 5.69 Å². The van der Waals surface area contributed by atoms with Gasteiger partial charge >= 0.3 is 0 Å². The van der Waals surface area contributed by atoms with Gasteiger partial charge in [0.1, 0.15) is 0 Å². The molecule has 0 saturated heterocycles. The molecular formula is C16H18N2. The molecule has 0 aliphatic heterocycles. The lowest BCUT2D eigenvalue weighted by Gasteiger charge is -2.22. The zero-order chi connectivity index (χ0) is 12.2. The molecule has 1 aromatic carbocycles. The third-order valence-electron chi connectivity index (χ3n) is 3.76. The lowest BCUT2D eigenvalue weighted by atomic mass is 9.94. The van der Waals surface area contributed by atoms with Gasteiger partial charge in [0.15, 0.2) is 0 Å². The predicted octanol–water partition coefficient (Wildman–Crippen LogP) is 3.83. The first-order valence-corrected chi connectivity index (χ1v) is 6.65. The molecule has 2 aromatic rings.